The Morgan fingerprint density at radius 3 is 2.78 bits per heavy atom. The first kappa shape index (κ1) is 12.6. The minimum absolute atomic E-state index is 0.666. The van der Waals surface area contributed by atoms with Gasteiger partial charge < -0.3 is 4.74 Å². The summed E-state index contributed by atoms with van der Waals surface area (Å²) in [6.07, 6.45) is 4.27. The molecule has 0 fully saturated rings. The van der Waals surface area contributed by atoms with Crippen LogP contribution in [0.1, 0.15) is 36.5 Å². The SMILES string of the molecule is CCCCCOc1cc(C=O)cc2ccccc12. The molecule has 18 heavy (non-hydrogen) atoms. The summed E-state index contributed by atoms with van der Waals surface area (Å²) >= 11 is 0. The second kappa shape index (κ2) is 6.20. The van der Waals surface area contributed by atoms with E-state index < -0.39 is 0 Å². The molecular weight excluding hydrogens is 224 g/mol. The number of rotatable bonds is 6. The van der Waals surface area contributed by atoms with Crippen molar-refractivity contribution in [2.45, 2.75) is 26.2 Å². The standard InChI is InChI=1S/C16H18O2/c1-2-3-6-9-18-16-11-13(12-17)10-14-7-4-5-8-15(14)16/h4-5,7-8,10-12H,2-3,6,9H2,1H3. The molecule has 0 heterocycles. The molecule has 0 unspecified atom stereocenters. The van der Waals surface area contributed by atoms with Gasteiger partial charge in [-0.15, -0.1) is 0 Å². The summed E-state index contributed by atoms with van der Waals surface area (Å²) in [4.78, 5) is 10.9. The third-order valence-corrected chi connectivity index (χ3v) is 2.99. The van der Waals surface area contributed by atoms with Crippen LogP contribution in [0.25, 0.3) is 10.8 Å². The van der Waals surface area contributed by atoms with Crippen molar-refractivity contribution in [3.63, 3.8) is 0 Å². The van der Waals surface area contributed by atoms with E-state index in [0.29, 0.717) is 12.2 Å². The molecule has 2 rings (SSSR count). The van der Waals surface area contributed by atoms with Gasteiger partial charge in [-0.3, -0.25) is 4.79 Å². The molecule has 0 bridgehead atoms. The molecule has 0 aliphatic heterocycles. The van der Waals surface area contributed by atoms with Crippen molar-refractivity contribution in [1.29, 1.82) is 0 Å². The van der Waals surface area contributed by atoms with Gasteiger partial charge in [0.15, 0.2) is 0 Å². The molecule has 0 aliphatic carbocycles. The lowest BCUT2D eigenvalue weighted by molar-refractivity contribution is 0.112. The highest BCUT2D eigenvalue weighted by Gasteiger charge is 2.04. The Hall–Kier alpha value is -1.83. The smallest absolute Gasteiger partial charge is 0.150 e. The lowest BCUT2D eigenvalue weighted by atomic mass is 10.1. The monoisotopic (exact) mass is 242 g/mol. The first-order chi connectivity index (χ1) is 8.85. The highest BCUT2D eigenvalue weighted by atomic mass is 16.5. The summed E-state index contributed by atoms with van der Waals surface area (Å²) < 4.78 is 5.80. The van der Waals surface area contributed by atoms with E-state index in [1.807, 2.05) is 36.4 Å². The summed E-state index contributed by atoms with van der Waals surface area (Å²) in [6, 6.07) is 11.7. The first-order valence-corrected chi connectivity index (χ1v) is 6.46. The Bertz CT molecular complexity index is 532. The van der Waals surface area contributed by atoms with Crippen LogP contribution in [-0.2, 0) is 0 Å². The number of unbranched alkanes of at least 4 members (excludes halogenated alkanes) is 2. The maximum atomic E-state index is 10.9. The zero-order valence-corrected chi connectivity index (χ0v) is 10.7. The molecule has 0 saturated carbocycles. The largest absolute Gasteiger partial charge is 0.493 e. The van der Waals surface area contributed by atoms with Crippen LogP contribution in [0.4, 0.5) is 0 Å². The van der Waals surface area contributed by atoms with Gasteiger partial charge in [-0.05, 0) is 23.9 Å². The number of hydrogen-bond acceptors (Lipinski definition) is 2. The molecule has 2 aromatic rings. The third-order valence-electron chi connectivity index (χ3n) is 2.99. The van der Waals surface area contributed by atoms with Crippen molar-refractivity contribution < 1.29 is 9.53 Å². The minimum Gasteiger partial charge on any atom is -0.493 e. The highest BCUT2D eigenvalue weighted by molar-refractivity contribution is 5.93. The van der Waals surface area contributed by atoms with E-state index in [4.69, 9.17) is 4.74 Å². The zero-order valence-electron chi connectivity index (χ0n) is 10.7. The van der Waals surface area contributed by atoms with Gasteiger partial charge in [-0.2, -0.15) is 0 Å². The van der Waals surface area contributed by atoms with Gasteiger partial charge in [0.05, 0.1) is 6.61 Å². The summed E-state index contributed by atoms with van der Waals surface area (Å²) in [6.45, 7) is 2.88. The molecule has 2 heteroatoms. The van der Waals surface area contributed by atoms with E-state index in [0.717, 1.165) is 29.2 Å². The fourth-order valence-corrected chi connectivity index (χ4v) is 2.02. The van der Waals surface area contributed by atoms with Crippen LogP contribution >= 0.6 is 0 Å². The number of aldehydes is 1. The summed E-state index contributed by atoms with van der Waals surface area (Å²) in [5.74, 6) is 0.811. The molecule has 0 radical (unpaired) electrons. The Morgan fingerprint density at radius 2 is 2.00 bits per heavy atom. The molecule has 2 nitrogen and oxygen atoms in total. The minimum atomic E-state index is 0.666. The number of benzene rings is 2. The van der Waals surface area contributed by atoms with Crippen LogP contribution < -0.4 is 4.74 Å². The number of carbonyl (C=O) groups excluding carboxylic acids is 1. The Kier molecular flexibility index (Phi) is 4.35. The van der Waals surface area contributed by atoms with Crippen molar-refractivity contribution in [2.75, 3.05) is 6.61 Å². The van der Waals surface area contributed by atoms with Crippen molar-refractivity contribution in [1.82, 2.24) is 0 Å². The lowest BCUT2D eigenvalue weighted by Crippen LogP contribution is -1.98. The van der Waals surface area contributed by atoms with E-state index in [9.17, 15) is 4.79 Å². The van der Waals surface area contributed by atoms with Gasteiger partial charge in [0.1, 0.15) is 12.0 Å². The first-order valence-electron chi connectivity index (χ1n) is 6.46. The highest BCUT2D eigenvalue weighted by Crippen LogP contribution is 2.27. The maximum absolute atomic E-state index is 10.9. The second-order valence-corrected chi connectivity index (χ2v) is 4.41. The molecule has 0 amide bonds. The number of fused-ring (bicyclic) bond motifs is 1. The van der Waals surface area contributed by atoms with Crippen LogP contribution in [0.3, 0.4) is 0 Å². The zero-order chi connectivity index (χ0) is 12.8. The summed E-state index contributed by atoms with van der Waals surface area (Å²) in [5, 5.41) is 2.12. The van der Waals surface area contributed by atoms with Gasteiger partial charge in [-0.1, -0.05) is 44.0 Å². The topological polar surface area (TPSA) is 26.3 Å². The average molecular weight is 242 g/mol. The summed E-state index contributed by atoms with van der Waals surface area (Å²) in [5.41, 5.74) is 0.666. The fraction of sp³-hybridized carbons (Fsp3) is 0.312. The van der Waals surface area contributed by atoms with Crippen molar-refractivity contribution in [2.24, 2.45) is 0 Å². The van der Waals surface area contributed by atoms with Gasteiger partial charge in [0.25, 0.3) is 0 Å². The average Bonchev–Trinajstić information content (AvgIpc) is 2.43. The molecule has 0 aliphatic rings. The predicted octanol–water partition coefficient (Wildman–Crippen LogP) is 4.22. The third kappa shape index (κ3) is 2.89. The van der Waals surface area contributed by atoms with Crippen molar-refractivity contribution in [3.8, 4) is 5.75 Å². The van der Waals surface area contributed by atoms with Crippen molar-refractivity contribution in [3.05, 3.63) is 42.0 Å². The maximum Gasteiger partial charge on any atom is 0.150 e. The van der Waals surface area contributed by atoms with Crippen LogP contribution in [0.2, 0.25) is 0 Å². The normalized spacial score (nSPS) is 10.5. The van der Waals surface area contributed by atoms with E-state index in [1.165, 1.54) is 12.8 Å². The molecule has 0 atom stereocenters. The molecule has 2 aromatic carbocycles. The fourth-order valence-electron chi connectivity index (χ4n) is 2.02. The molecule has 0 N–H and O–H groups in total. The van der Waals surface area contributed by atoms with E-state index in [2.05, 4.69) is 6.92 Å². The lowest BCUT2D eigenvalue weighted by Gasteiger charge is -2.10. The number of hydrogen-bond donors (Lipinski definition) is 0. The van der Waals surface area contributed by atoms with Crippen molar-refractivity contribution >= 4 is 17.1 Å². The predicted molar refractivity (Wildman–Crippen MR) is 74.4 cm³/mol. The quantitative estimate of drug-likeness (QED) is 0.560. The summed E-state index contributed by atoms with van der Waals surface area (Å²) in [7, 11) is 0. The Balaban J connectivity index is 2.26. The van der Waals surface area contributed by atoms with Gasteiger partial charge in [0, 0.05) is 10.9 Å². The Morgan fingerprint density at radius 1 is 1.17 bits per heavy atom. The van der Waals surface area contributed by atoms with Gasteiger partial charge >= 0.3 is 0 Å². The molecule has 0 aromatic heterocycles. The van der Waals surface area contributed by atoms with Crippen LogP contribution in [-0.4, -0.2) is 12.9 Å². The van der Waals surface area contributed by atoms with Crippen LogP contribution in [0, 0.1) is 0 Å². The van der Waals surface area contributed by atoms with Crippen LogP contribution in [0.5, 0.6) is 5.75 Å². The molecular formula is C16H18O2. The molecule has 94 valence electrons. The van der Waals surface area contributed by atoms with Crippen LogP contribution in [0.15, 0.2) is 36.4 Å². The van der Waals surface area contributed by atoms with E-state index in [-0.39, 0.29) is 0 Å². The molecule has 0 spiro atoms. The number of ether oxygens (including phenoxy) is 1. The van der Waals surface area contributed by atoms with Gasteiger partial charge in [0.2, 0.25) is 0 Å². The van der Waals surface area contributed by atoms with E-state index >= 15 is 0 Å². The van der Waals surface area contributed by atoms with Gasteiger partial charge in [-0.25, -0.2) is 0 Å². The van der Waals surface area contributed by atoms with E-state index in [1.54, 1.807) is 0 Å². The number of carbonyl (C=O) groups is 1. The second-order valence-electron chi connectivity index (χ2n) is 4.41. The molecule has 0 saturated heterocycles. The Labute approximate surface area is 108 Å².